The molecule has 0 radical (unpaired) electrons. The summed E-state index contributed by atoms with van der Waals surface area (Å²) in [6.07, 6.45) is 3.27. The van der Waals surface area contributed by atoms with E-state index in [0.29, 0.717) is 21.7 Å². The molecule has 0 saturated heterocycles. The van der Waals surface area contributed by atoms with Gasteiger partial charge in [-0.05, 0) is 79.5 Å². The molecule has 1 unspecified atom stereocenters. The number of nitrogens with one attached hydrogen (secondary N) is 2. The molecule has 2 aromatic heterocycles. The zero-order chi connectivity index (χ0) is 31.9. The first kappa shape index (κ1) is 31.9. The SMILES string of the molecule is CC(C)(C)OC(=O)NCC(C(=O)Nc1cc2ccncc2s1)c1ccc(Cc2cc(CCO[N+](=O)[O-])ccc2C(=O)O)cc1. The summed E-state index contributed by atoms with van der Waals surface area (Å²) in [5.74, 6) is -2.18. The fourth-order valence-corrected chi connectivity index (χ4v) is 5.43. The Labute approximate surface area is 257 Å². The number of aromatic carboxylic acids is 1. The Morgan fingerprint density at radius 3 is 2.45 bits per heavy atom. The number of rotatable bonds is 12. The highest BCUT2D eigenvalue weighted by atomic mass is 32.1. The lowest BCUT2D eigenvalue weighted by atomic mass is 9.93. The molecule has 0 bridgehead atoms. The molecule has 230 valence electrons. The van der Waals surface area contributed by atoms with E-state index in [9.17, 15) is 29.6 Å². The van der Waals surface area contributed by atoms with Crippen molar-refractivity contribution in [3.63, 3.8) is 0 Å². The van der Waals surface area contributed by atoms with Gasteiger partial charge in [-0.15, -0.1) is 21.5 Å². The highest BCUT2D eigenvalue weighted by Crippen LogP contribution is 2.30. The van der Waals surface area contributed by atoms with Crippen molar-refractivity contribution in [3.05, 3.63) is 105 Å². The zero-order valence-corrected chi connectivity index (χ0v) is 25.2. The summed E-state index contributed by atoms with van der Waals surface area (Å²) in [7, 11) is 0. The Balaban J connectivity index is 1.54. The summed E-state index contributed by atoms with van der Waals surface area (Å²) < 4.78 is 6.27. The van der Waals surface area contributed by atoms with Crippen LogP contribution in [0, 0.1) is 10.1 Å². The summed E-state index contributed by atoms with van der Waals surface area (Å²) in [6.45, 7) is 5.07. The highest BCUT2D eigenvalue weighted by Gasteiger charge is 2.24. The number of thiophene rings is 1. The third-order valence-electron chi connectivity index (χ3n) is 6.50. The number of carboxylic acids is 1. The monoisotopic (exact) mass is 620 g/mol. The minimum absolute atomic E-state index is 0.0238. The molecule has 0 aliphatic heterocycles. The Kier molecular flexibility index (Phi) is 10.1. The number of pyridine rings is 1. The smallest absolute Gasteiger partial charge is 0.407 e. The summed E-state index contributed by atoms with van der Waals surface area (Å²) in [6, 6.07) is 15.6. The Morgan fingerprint density at radius 2 is 1.80 bits per heavy atom. The van der Waals surface area contributed by atoms with E-state index < -0.39 is 28.7 Å². The van der Waals surface area contributed by atoms with Crippen molar-refractivity contribution in [1.82, 2.24) is 10.3 Å². The first-order valence-electron chi connectivity index (χ1n) is 13.7. The Hall–Kier alpha value is -5.04. The molecule has 3 N–H and O–H groups in total. The maximum Gasteiger partial charge on any atom is 0.407 e. The van der Waals surface area contributed by atoms with E-state index in [4.69, 9.17) is 4.74 Å². The van der Waals surface area contributed by atoms with Crippen LogP contribution in [0.1, 0.15) is 59.3 Å². The molecule has 4 aromatic rings. The zero-order valence-electron chi connectivity index (χ0n) is 24.4. The molecule has 2 aromatic carbocycles. The number of alkyl carbamates (subject to hydrolysis) is 1. The second kappa shape index (κ2) is 14.0. The van der Waals surface area contributed by atoms with Crippen LogP contribution in [-0.2, 0) is 27.2 Å². The molecule has 2 heterocycles. The maximum absolute atomic E-state index is 13.5. The number of aromatic nitrogens is 1. The highest BCUT2D eigenvalue weighted by molar-refractivity contribution is 7.22. The third kappa shape index (κ3) is 8.98. The van der Waals surface area contributed by atoms with Gasteiger partial charge in [0.15, 0.2) is 0 Å². The molecule has 0 aliphatic carbocycles. The topological polar surface area (TPSA) is 170 Å². The van der Waals surface area contributed by atoms with E-state index in [2.05, 4.69) is 20.5 Å². The number of anilines is 1. The Morgan fingerprint density at radius 1 is 1.07 bits per heavy atom. The number of hydrogen-bond acceptors (Lipinski definition) is 9. The number of carboxylic acid groups (broad SMARTS) is 1. The Bertz CT molecular complexity index is 1630. The number of amides is 2. The average molecular weight is 621 g/mol. The van der Waals surface area contributed by atoms with Crippen LogP contribution >= 0.6 is 11.3 Å². The molecule has 0 saturated carbocycles. The fourth-order valence-electron chi connectivity index (χ4n) is 4.50. The van der Waals surface area contributed by atoms with Crippen molar-refractivity contribution in [3.8, 4) is 0 Å². The van der Waals surface area contributed by atoms with Crippen LogP contribution < -0.4 is 10.6 Å². The predicted octanol–water partition coefficient (Wildman–Crippen LogP) is 5.58. The van der Waals surface area contributed by atoms with Gasteiger partial charge < -0.3 is 25.3 Å². The minimum Gasteiger partial charge on any atom is -0.478 e. The molecular formula is C31H32N4O8S. The van der Waals surface area contributed by atoms with E-state index in [1.807, 2.05) is 12.1 Å². The first-order chi connectivity index (χ1) is 20.9. The fraction of sp³-hybridized carbons (Fsp3) is 0.290. The molecule has 12 nitrogen and oxygen atoms in total. The van der Waals surface area contributed by atoms with Gasteiger partial charge in [0.2, 0.25) is 5.91 Å². The second-order valence-corrected chi connectivity index (χ2v) is 12.1. The van der Waals surface area contributed by atoms with Gasteiger partial charge in [0.1, 0.15) is 12.2 Å². The van der Waals surface area contributed by atoms with Crippen LogP contribution in [0.3, 0.4) is 0 Å². The van der Waals surface area contributed by atoms with Crippen molar-refractivity contribution in [2.45, 2.75) is 45.1 Å². The average Bonchev–Trinajstić information content (AvgIpc) is 3.35. The summed E-state index contributed by atoms with van der Waals surface area (Å²) in [5, 5.41) is 26.5. The third-order valence-corrected chi connectivity index (χ3v) is 7.50. The van der Waals surface area contributed by atoms with Gasteiger partial charge in [0.05, 0.1) is 21.2 Å². The van der Waals surface area contributed by atoms with E-state index in [0.717, 1.165) is 15.6 Å². The summed E-state index contributed by atoms with van der Waals surface area (Å²) in [5.41, 5.74) is 2.06. The first-order valence-corrected chi connectivity index (χ1v) is 14.5. The van der Waals surface area contributed by atoms with Crippen LogP contribution in [0.5, 0.6) is 0 Å². The number of ether oxygens (including phenoxy) is 1. The van der Waals surface area contributed by atoms with Crippen LogP contribution in [0.25, 0.3) is 10.1 Å². The standard InChI is InChI=1S/C31H32N4O8S/c1-31(2,3)43-30(39)33-17-25(28(36)34-27-16-22-10-12-32-18-26(22)44-27)21-7-4-19(5-8-21)14-23-15-20(11-13-42-35(40)41)6-9-24(23)29(37)38/h4-10,12,15-16,18,25H,11,13-14,17H2,1-3H3,(H,33,39)(H,34,36)(H,37,38). The number of nitrogens with zero attached hydrogens (tertiary/aromatic N) is 2. The van der Waals surface area contributed by atoms with E-state index >= 15 is 0 Å². The molecule has 0 fully saturated rings. The number of carbonyl (C=O) groups is 3. The van der Waals surface area contributed by atoms with Gasteiger partial charge in [-0.2, -0.15) is 0 Å². The minimum atomic E-state index is -1.09. The van der Waals surface area contributed by atoms with Crippen LogP contribution in [0.2, 0.25) is 0 Å². The number of carbonyl (C=O) groups excluding carboxylic acids is 2. The lowest BCUT2D eigenvalue weighted by Crippen LogP contribution is -2.37. The van der Waals surface area contributed by atoms with Gasteiger partial charge in [0.25, 0.3) is 5.09 Å². The number of hydrogen-bond donors (Lipinski definition) is 3. The van der Waals surface area contributed by atoms with Crippen LogP contribution in [0.4, 0.5) is 9.80 Å². The van der Waals surface area contributed by atoms with Gasteiger partial charge in [0, 0.05) is 18.9 Å². The quantitative estimate of drug-likeness (QED) is 0.135. The van der Waals surface area contributed by atoms with Crippen LogP contribution in [-0.4, -0.2) is 51.9 Å². The van der Waals surface area contributed by atoms with E-state index in [-0.39, 0.29) is 37.5 Å². The van der Waals surface area contributed by atoms with Gasteiger partial charge in [-0.3, -0.25) is 9.78 Å². The van der Waals surface area contributed by atoms with Gasteiger partial charge in [-0.1, -0.05) is 36.4 Å². The second-order valence-electron chi connectivity index (χ2n) is 11.0. The van der Waals surface area contributed by atoms with Crippen molar-refractivity contribution in [2.75, 3.05) is 18.5 Å². The van der Waals surface area contributed by atoms with Crippen molar-refractivity contribution >= 4 is 44.4 Å². The summed E-state index contributed by atoms with van der Waals surface area (Å²) >= 11 is 1.39. The molecule has 1 atom stereocenters. The largest absolute Gasteiger partial charge is 0.478 e. The normalized spacial score (nSPS) is 11.9. The molecule has 44 heavy (non-hydrogen) atoms. The molecular weight excluding hydrogens is 588 g/mol. The van der Waals surface area contributed by atoms with E-state index in [1.54, 1.807) is 69.6 Å². The van der Waals surface area contributed by atoms with Crippen molar-refractivity contribution in [2.24, 2.45) is 0 Å². The molecule has 13 heteroatoms. The molecule has 0 spiro atoms. The maximum atomic E-state index is 13.5. The van der Waals surface area contributed by atoms with Crippen molar-refractivity contribution < 1.29 is 34.2 Å². The van der Waals surface area contributed by atoms with Gasteiger partial charge >= 0.3 is 12.1 Å². The summed E-state index contributed by atoms with van der Waals surface area (Å²) in [4.78, 5) is 56.8. The van der Waals surface area contributed by atoms with Gasteiger partial charge in [-0.25, -0.2) is 9.59 Å². The lowest BCUT2D eigenvalue weighted by molar-refractivity contribution is -0.757. The number of benzene rings is 2. The predicted molar refractivity (Wildman–Crippen MR) is 165 cm³/mol. The van der Waals surface area contributed by atoms with E-state index in [1.165, 1.54) is 17.4 Å². The van der Waals surface area contributed by atoms with Crippen molar-refractivity contribution in [1.29, 1.82) is 0 Å². The molecule has 0 aliphatic rings. The van der Waals surface area contributed by atoms with Crippen LogP contribution in [0.15, 0.2) is 67.0 Å². The lowest BCUT2D eigenvalue weighted by Gasteiger charge is -2.22. The molecule has 2 amide bonds. The number of fused-ring (bicyclic) bond motifs is 1. The molecule has 4 rings (SSSR count).